The number of benzene rings is 2. The van der Waals surface area contributed by atoms with Crippen LogP contribution >= 0.6 is 0 Å². The number of nitrogens with two attached hydrogens (primary N) is 1. The maximum absolute atomic E-state index is 12.5. The number of aryl methyl sites for hydroxylation is 2. The van der Waals surface area contributed by atoms with Gasteiger partial charge in [0.05, 0.1) is 6.04 Å². The molecule has 0 spiro atoms. The maximum atomic E-state index is 12.5. The summed E-state index contributed by atoms with van der Waals surface area (Å²) in [6.07, 6.45) is 2.92. The van der Waals surface area contributed by atoms with Crippen molar-refractivity contribution in [2.75, 3.05) is 6.54 Å². The van der Waals surface area contributed by atoms with Gasteiger partial charge in [0.1, 0.15) is 0 Å². The Morgan fingerprint density at radius 1 is 0.926 bits per heavy atom. The van der Waals surface area contributed by atoms with Crippen LogP contribution in [0.25, 0.3) is 0 Å². The van der Waals surface area contributed by atoms with Crippen molar-refractivity contribution in [3.05, 3.63) is 70.8 Å². The minimum atomic E-state index is -0.508. The fourth-order valence-electron chi connectivity index (χ4n) is 2.98. The SMILES string of the molecule is Cc1ccc([C@@H](NC(=O)CCCCCNC(N)=O)c2ccccc2)cc1C. The lowest BCUT2D eigenvalue weighted by Crippen LogP contribution is -2.30. The van der Waals surface area contributed by atoms with Gasteiger partial charge in [-0.15, -0.1) is 0 Å². The molecule has 2 rings (SSSR count). The van der Waals surface area contributed by atoms with Gasteiger partial charge in [-0.3, -0.25) is 4.79 Å². The zero-order valence-electron chi connectivity index (χ0n) is 16.1. The summed E-state index contributed by atoms with van der Waals surface area (Å²) < 4.78 is 0. The number of hydrogen-bond donors (Lipinski definition) is 3. The number of carbonyl (C=O) groups excluding carboxylic acids is 2. The van der Waals surface area contributed by atoms with Gasteiger partial charge in [-0.25, -0.2) is 4.79 Å². The van der Waals surface area contributed by atoms with Gasteiger partial charge in [0, 0.05) is 13.0 Å². The third kappa shape index (κ3) is 6.77. The highest BCUT2D eigenvalue weighted by atomic mass is 16.2. The van der Waals surface area contributed by atoms with E-state index >= 15 is 0 Å². The molecule has 0 aliphatic rings. The predicted octanol–water partition coefficient (Wildman–Crippen LogP) is 3.74. The summed E-state index contributed by atoms with van der Waals surface area (Å²) in [6.45, 7) is 4.72. The molecule has 0 aliphatic carbocycles. The van der Waals surface area contributed by atoms with Crippen LogP contribution in [0.3, 0.4) is 0 Å². The Kier molecular flexibility index (Phi) is 7.86. The number of urea groups is 1. The van der Waals surface area contributed by atoms with Gasteiger partial charge in [0.2, 0.25) is 5.91 Å². The molecule has 0 saturated heterocycles. The van der Waals surface area contributed by atoms with Crippen LogP contribution in [0.5, 0.6) is 0 Å². The molecule has 5 heteroatoms. The van der Waals surface area contributed by atoms with E-state index in [4.69, 9.17) is 5.73 Å². The van der Waals surface area contributed by atoms with E-state index in [0.29, 0.717) is 13.0 Å². The molecule has 0 bridgehead atoms. The number of hydrogen-bond acceptors (Lipinski definition) is 2. The molecule has 1 atom stereocenters. The van der Waals surface area contributed by atoms with Crippen molar-refractivity contribution in [2.24, 2.45) is 5.73 Å². The van der Waals surface area contributed by atoms with Crippen LogP contribution < -0.4 is 16.4 Å². The Morgan fingerprint density at radius 3 is 2.33 bits per heavy atom. The standard InChI is InChI=1S/C22H29N3O2/c1-16-12-13-19(15-17(16)2)21(18-9-5-3-6-10-18)25-20(26)11-7-4-8-14-24-22(23)27/h3,5-6,9-10,12-13,15,21H,4,7-8,11,14H2,1-2H3,(H,25,26)(H3,23,24,27)/t21-/m0/s1. The number of rotatable bonds is 9. The average molecular weight is 367 g/mol. The molecule has 0 aliphatic heterocycles. The van der Waals surface area contributed by atoms with Crippen LogP contribution in [0.4, 0.5) is 4.79 Å². The molecule has 0 heterocycles. The van der Waals surface area contributed by atoms with E-state index in [0.717, 1.165) is 30.4 Å². The monoisotopic (exact) mass is 367 g/mol. The van der Waals surface area contributed by atoms with Gasteiger partial charge in [-0.1, -0.05) is 55.0 Å². The van der Waals surface area contributed by atoms with Gasteiger partial charge in [-0.2, -0.15) is 0 Å². The second-order valence-electron chi connectivity index (χ2n) is 6.86. The highest BCUT2D eigenvalue weighted by Gasteiger charge is 2.17. The van der Waals surface area contributed by atoms with E-state index < -0.39 is 6.03 Å². The molecule has 3 amide bonds. The van der Waals surface area contributed by atoms with Crippen molar-refractivity contribution >= 4 is 11.9 Å². The van der Waals surface area contributed by atoms with Crippen molar-refractivity contribution in [2.45, 2.75) is 45.6 Å². The first-order chi connectivity index (χ1) is 13.0. The number of primary amides is 1. The molecule has 5 nitrogen and oxygen atoms in total. The molecule has 4 N–H and O–H groups in total. The number of unbranched alkanes of at least 4 members (excludes halogenated alkanes) is 2. The molecule has 0 unspecified atom stereocenters. The molecule has 2 aromatic rings. The summed E-state index contributed by atoms with van der Waals surface area (Å²) in [5.41, 5.74) is 9.63. The zero-order valence-corrected chi connectivity index (χ0v) is 16.1. The fraction of sp³-hybridized carbons (Fsp3) is 0.364. The number of nitrogens with one attached hydrogen (secondary N) is 2. The summed E-state index contributed by atoms with van der Waals surface area (Å²) in [5.74, 6) is 0.0324. The lowest BCUT2D eigenvalue weighted by molar-refractivity contribution is -0.121. The van der Waals surface area contributed by atoms with Crippen LogP contribution in [0, 0.1) is 13.8 Å². The lowest BCUT2D eigenvalue weighted by Gasteiger charge is -2.21. The molecule has 0 fully saturated rings. The van der Waals surface area contributed by atoms with Gasteiger partial charge in [0.15, 0.2) is 0 Å². The third-order valence-electron chi connectivity index (χ3n) is 4.68. The predicted molar refractivity (Wildman–Crippen MR) is 108 cm³/mol. The Balaban J connectivity index is 1.97. The smallest absolute Gasteiger partial charge is 0.312 e. The van der Waals surface area contributed by atoms with Crippen LogP contribution in [0.1, 0.15) is 54.0 Å². The van der Waals surface area contributed by atoms with Gasteiger partial charge in [-0.05, 0) is 48.9 Å². The topological polar surface area (TPSA) is 84.2 Å². The van der Waals surface area contributed by atoms with Crippen LogP contribution in [0.2, 0.25) is 0 Å². The second-order valence-corrected chi connectivity index (χ2v) is 6.86. The summed E-state index contributed by atoms with van der Waals surface area (Å²) in [5, 5.41) is 5.73. The largest absolute Gasteiger partial charge is 0.352 e. The first-order valence-electron chi connectivity index (χ1n) is 9.42. The molecule has 144 valence electrons. The Bertz CT molecular complexity index is 759. The molecular weight excluding hydrogens is 338 g/mol. The van der Waals surface area contributed by atoms with Crippen molar-refractivity contribution < 1.29 is 9.59 Å². The quantitative estimate of drug-likeness (QED) is 0.590. The second kappa shape index (κ2) is 10.4. The van der Waals surface area contributed by atoms with Crippen molar-refractivity contribution in [3.8, 4) is 0 Å². The average Bonchev–Trinajstić information content (AvgIpc) is 2.65. The maximum Gasteiger partial charge on any atom is 0.312 e. The van der Waals surface area contributed by atoms with Gasteiger partial charge in [0.25, 0.3) is 0 Å². The van der Waals surface area contributed by atoms with E-state index in [-0.39, 0.29) is 11.9 Å². The van der Waals surface area contributed by atoms with E-state index in [1.54, 1.807) is 0 Å². The van der Waals surface area contributed by atoms with Crippen LogP contribution in [-0.4, -0.2) is 18.5 Å². The minimum Gasteiger partial charge on any atom is -0.352 e. The molecular formula is C22H29N3O2. The van der Waals surface area contributed by atoms with E-state index in [1.165, 1.54) is 11.1 Å². The Morgan fingerprint density at radius 2 is 1.67 bits per heavy atom. The molecule has 0 saturated carbocycles. The summed E-state index contributed by atoms with van der Waals surface area (Å²) in [4.78, 5) is 23.1. The first-order valence-corrected chi connectivity index (χ1v) is 9.42. The van der Waals surface area contributed by atoms with Crippen LogP contribution in [0.15, 0.2) is 48.5 Å². The van der Waals surface area contributed by atoms with Crippen molar-refractivity contribution in [3.63, 3.8) is 0 Å². The summed E-state index contributed by atoms with van der Waals surface area (Å²) in [7, 11) is 0. The van der Waals surface area contributed by atoms with Gasteiger partial charge < -0.3 is 16.4 Å². The minimum absolute atomic E-state index is 0.0324. The summed E-state index contributed by atoms with van der Waals surface area (Å²) in [6, 6.07) is 15.7. The van der Waals surface area contributed by atoms with Gasteiger partial charge >= 0.3 is 6.03 Å². The van der Waals surface area contributed by atoms with Crippen molar-refractivity contribution in [1.82, 2.24) is 10.6 Å². The molecule has 0 radical (unpaired) electrons. The Hall–Kier alpha value is -2.82. The number of amides is 3. The summed E-state index contributed by atoms with van der Waals surface area (Å²) >= 11 is 0. The van der Waals surface area contributed by atoms with E-state index in [1.807, 2.05) is 30.3 Å². The number of carbonyl (C=O) groups is 2. The molecule has 2 aromatic carbocycles. The molecule has 0 aromatic heterocycles. The first kappa shape index (κ1) is 20.5. The Labute approximate surface area is 161 Å². The normalized spacial score (nSPS) is 11.6. The fourth-order valence-corrected chi connectivity index (χ4v) is 2.98. The van der Waals surface area contributed by atoms with Crippen molar-refractivity contribution in [1.29, 1.82) is 0 Å². The zero-order chi connectivity index (χ0) is 19.6. The third-order valence-corrected chi connectivity index (χ3v) is 4.68. The van der Waals surface area contributed by atoms with E-state index in [9.17, 15) is 9.59 Å². The highest BCUT2D eigenvalue weighted by molar-refractivity contribution is 5.77. The van der Waals surface area contributed by atoms with E-state index in [2.05, 4.69) is 42.7 Å². The van der Waals surface area contributed by atoms with Crippen LogP contribution in [-0.2, 0) is 4.79 Å². The molecule has 27 heavy (non-hydrogen) atoms. The lowest BCUT2D eigenvalue weighted by atomic mass is 9.95. The highest BCUT2D eigenvalue weighted by Crippen LogP contribution is 2.24.